The predicted molar refractivity (Wildman–Crippen MR) is 61.0 cm³/mol. The fourth-order valence-electron chi connectivity index (χ4n) is 1.36. The zero-order valence-electron chi connectivity index (χ0n) is 10.1. The fourth-order valence-corrected chi connectivity index (χ4v) is 1.36. The second-order valence-electron chi connectivity index (χ2n) is 3.66. The summed E-state index contributed by atoms with van der Waals surface area (Å²) in [6, 6.07) is 1.71. The van der Waals surface area contributed by atoms with Crippen LogP contribution in [0.3, 0.4) is 0 Å². The minimum absolute atomic E-state index is 0.205. The van der Waals surface area contributed by atoms with Crippen molar-refractivity contribution in [2.45, 2.75) is 26.3 Å². The lowest BCUT2D eigenvalue weighted by molar-refractivity contribution is -0.145. The lowest BCUT2D eigenvalue weighted by Gasteiger charge is -2.11. The monoisotopic (exact) mass is 225 g/mol. The Labute approximate surface area is 95.8 Å². The third-order valence-corrected chi connectivity index (χ3v) is 2.24. The predicted octanol–water partition coefficient (Wildman–Crippen LogP) is 0.504. The molecular formula is C11H19N3O2. The van der Waals surface area contributed by atoms with E-state index in [-0.39, 0.29) is 12.0 Å². The van der Waals surface area contributed by atoms with E-state index in [9.17, 15) is 4.79 Å². The van der Waals surface area contributed by atoms with E-state index < -0.39 is 0 Å². The first-order chi connectivity index (χ1) is 7.63. The van der Waals surface area contributed by atoms with Crippen molar-refractivity contribution in [3.8, 4) is 0 Å². The van der Waals surface area contributed by atoms with Crippen molar-refractivity contribution in [1.29, 1.82) is 0 Å². The summed E-state index contributed by atoms with van der Waals surface area (Å²) in [6.07, 6.45) is 2.72. The SMILES string of the molecule is CCOC(=O)C(C)NCCc1ccn(C)n1. The highest BCUT2D eigenvalue weighted by Gasteiger charge is 2.12. The highest BCUT2D eigenvalue weighted by Crippen LogP contribution is 1.95. The van der Waals surface area contributed by atoms with Crippen molar-refractivity contribution in [2.24, 2.45) is 7.05 Å². The molecule has 1 aromatic heterocycles. The molecular weight excluding hydrogens is 206 g/mol. The van der Waals surface area contributed by atoms with Crippen molar-refractivity contribution < 1.29 is 9.53 Å². The van der Waals surface area contributed by atoms with Crippen LogP contribution in [0.2, 0.25) is 0 Å². The summed E-state index contributed by atoms with van der Waals surface area (Å²) in [7, 11) is 1.89. The molecule has 0 aliphatic rings. The van der Waals surface area contributed by atoms with Gasteiger partial charge in [0.05, 0.1) is 12.3 Å². The summed E-state index contributed by atoms with van der Waals surface area (Å²) in [5.74, 6) is -0.205. The van der Waals surface area contributed by atoms with Gasteiger partial charge in [-0.3, -0.25) is 9.48 Å². The molecule has 1 N–H and O–H groups in total. The number of hydrogen-bond donors (Lipinski definition) is 1. The number of aryl methyl sites for hydroxylation is 1. The van der Waals surface area contributed by atoms with Crippen LogP contribution < -0.4 is 5.32 Å². The molecule has 0 amide bonds. The maximum atomic E-state index is 11.3. The van der Waals surface area contributed by atoms with Crippen molar-refractivity contribution in [3.05, 3.63) is 18.0 Å². The van der Waals surface area contributed by atoms with E-state index in [1.807, 2.05) is 19.3 Å². The fraction of sp³-hybridized carbons (Fsp3) is 0.636. The Morgan fingerprint density at radius 1 is 1.69 bits per heavy atom. The van der Waals surface area contributed by atoms with Crippen LogP contribution >= 0.6 is 0 Å². The molecule has 0 saturated heterocycles. The summed E-state index contributed by atoms with van der Waals surface area (Å²) < 4.78 is 6.66. The van der Waals surface area contributed by atoms with Crippen LogP contribution in [-0.4, -0.2) is 34.9 Å². The zero-order chi connectivity index (χ0) is 12.0. The molecule has 1 unspecified atom stereocenters. The van der Waals surface area contributed by atoms with Gasteiger partial charge in [0.25, 0.3) is 0 Å². The van der Waals surface area contributed by atoms with Crippen molar-refractivity contribution in [2.75, 3.05) is 13.2 Å². The standard InChI is InChI=1S/C11H19N3O2/c1-4-16-11(15)9(2)12-7-5-10-6-8-14(3)13-10/h6,8-9,12H,4-5,7H2,1-3H3. The highest BCUT2D eigenvalue weighted by molar-refractivity contribution is 5.75. The van der Waals surface area contributed by atoms with E-state index in [0.29, 0.717) is 6.61 Å². The average Bonchev–Trinajstić information content (AvgIpc) is 2.64. The number of hydrogen-bond acceptors (Lipinski definition) is 4. The van der Waals surface area contributed by atoms with E-state index in [4.69, 9.17) is 4.74 Å². The normalized spacial score (nSPS) is 12.4. The Hall–Kier alpha value is -1.36. The minimum Gasteiger partial charge on any atom is -0.465 e. The molecule has 5 heteroatoms. The van der Waals surface area contributed by atoms with Gasteiger partial charge in [0, 0.05) is 26.2 Å². The Bertz CT molecular complexity index is 336. The first kappa shape index (κ1) is 12.7. The molecule has 0 bridgehead atoms. The van der Waals surface area contributed by atoms with Gasteiger partial charge in [-0.05, 0) is 19.9 Å². The molecule has 1 heterocycles. The van der Waals surface area contributed by atoms with Gasteiger partial charge in [-0.25, -0.2) is 0 Å². The highest BCUT2D eigenvalue weighted by atomic mass is 16.5. The molecule has 1 rings (SSSR count). The molecule has 1 aromatic rings. The van der Waals surface area contributed by atoms with Gasteiger partial charge in [-0.2, -0.15) is 5.10 Å². The van der Waals surface area contributed by atoms with E-state index in [1.54, 1.807) is 18.5 Å². The third-order valence-electron chi connectivity index (χ3n) is 2.24. The van der Waals surface area contributed by atoms with E-state index >= 15 is 0 Å². The number of ether oxygens (including phenoxy) is 1. The molecule has 0 aromatic carbocycles. The second kappa shape index (κ2) is 6.27. The summed E-state index contributed by atoms with van der Waals surface area (Å²) in [4.78, 5) is 11.3. The van der Waals surface area contributed by atoms with Crippen LogP contribution in [0.5, 0.6) is 0 Å². The lowest BCUT2D eigenvalue weighted by atomic mass is 10.3. The second-order valence-corrected chi connectivity index (χ2v) is 3.66. The number of nitrogens with one attached hydrogen (secondary N) is 1. The van der Waals surface area contributed by atoms with Crippen molar-refractivity contribution in [3.63, 3.8) is 0 Å². The number of rotatable bonds is 6. The number of carbonyl (C=O) groups is 1. The van der Waals surface area contributed by atoms with E-state index in [0.717, 1.165) is 18.7 Å². The first-order valence-electron chi connectivity index (χ1n) is 5.52. The van der Waals surface area contributed by atoms with Crippen LogP contribution in [0, 0.1) is 0 Å². The maximum Gasteiger partial charge on any atom is 0.322 e. The number of carbonyl (C=O) groups excluding carboxylic acids is 1. The Morgan fingerprint density at radius 2 is 2.44 bits per heavy atom. The number of esters is 1. The first-order valence-corrected chi connectivity index (χ1v) is 5.52. The van der Waals surface area contributed by atoms with E-state index in [2.05, 4.69) is 10.4 Å². The molecule has 0 fully saturated rings. The van der Waals surface area contributed by atoms with Gasteiger partial charge >= 0.3 is 5.97 Å². The molecule has 0 saturated carbocycles. The van der Waals surface area contributed by atoms with Gasteiger partial charge in [0.15, 0.2) is 0 Å². The zero-order valence-corrected chi connectivity index (χ0v) is 10.1. The lowest BCUT2D eigenvalue weighted by Crippen LogP contribution is -2.36. The van der Waals surface area contributed by atoms with Gasteiger partial charge in [-0.1, -0.05) is 0 Å². The molecule has 0 radical (unpaired) electrons. The Balaban J connectivity index is 2.22. The Kier molecular flexibility index (Phi) is 4.98. The molecule has 5 nitrogen and oxygen atoms in total. The van der Waals surface area contributed by atoms with Gasteiger partial charge in [-0.15, -0.1) is 0 Å². The minimum atomic E-state index is -0.260. The molecule has 16 heavy (non-hydrogen) atoms. The summed E-state index contributed by atoms with van der Waals surface area (Å²) in [6.45, 7) is 4.75. The van der Waals surface area contributed by atoms with Gasteiger partial charge in [0.1, 0.15) is 6.04 Å². The van der Waals surface area contributed by atoms with Gasteiger partial charge in [0.2, 0.25) is 0 Å². The average molecular weight is 225 g/mol. The van der Waals surface area contributed by atoms with Crippen LogP contribution in [0.15, 0.2) is 12.3 Å². The maximum absolute atomic E-state index is 11.3. The number of nitrogens with zero attached hydrogens (tertiary/aromatic N) is 2. The largest absolute Gasteiger partial charge is 0.465 e. The van der Waals surface area contributed by atoms with Crippen LogP contribution in [0.25, 0.3) is 0 Å². The Morgan fingerprint density at radius 3 is 3.00 bits per heavy atom. The van der Waals surface area contributed by atoms with Crippen LogP contribution in [0.1, 0.15) is 19.5 Å². The molecule has 0 aliphatic heterocycles. The summed E-state index contributed by atoms with van der Waals surface area (Å²) >= 11 is 0. The summed E-state index contributed by atoms with van der Waals surface area (Å²) in [5, 5.41) is 7.35. The molecule has 90 valence electrons. The third kappa shape index (κ3) is 4.02. The smallest absolute Gasteiger partial charge is 0.322 e. The van der Waals surface area contributed by atoms with Crippen LogP contribution in [-0.2, 0) is 23.0 Å². The van der Waals surface area contributed by atoms with E-state index in [1.165, 1.54) is 0 Å². The number of aromatic nitrogens is 2. The molecule has 1 atom stereocenters. The van der Waals surface area contributed by atoms with Crippen molar-refractivity contribution >= 4 is 5.97 Å². The van der Waals surface area contributed by atoms with Crippen LogP contribution in [0.4, 0.5) is 0 Å². The van der Waals surface area contributed by atoms with Gasteiger partial charge < -0.3 is 10.1 Å². The molecule has 0 spiro atoms. The quantitative estimate of drug-likeness (QED) is 0.716. The molecule has 0 aliphatic carbocycles. The topological polar surface area (TPSA) is 56.1 Å². The summed E-state index contributed by atoms with van der Waals surface area (Å²) in [5.41, 5.74) is 1.02. The van der Waals surface area contributed by atoms with Crippen molar-refractivity contribution in [1.82, 2.24) is 15.1 Å².